The molecule has 0 spiro atoms. The molecule has 2 aliphatic rings. The first-order chi connectivity index (χ1) is 23.2. The van der Waals surface area contributed by atoms with Gasteiger partial charge in [-0.05, 0) is 81.8 Å². The van der Waals surface area contributed by atoms with Gasteiger partial charge in [0.25, 0.3) is 0 Å². The van der Waals surface area contributed by atoms with Crippen LogP contribution in [-0.4, -0.2) is 83.0 Å². The van der Waals surface area contributed by atoms with E-state index in [-0.39, 0.29) is 77.8 Å². The van der Waals surface area contributed by atoms with Gasteiger partial charge in [0.15, 0.2) is 12.0 Å². The summed E-state index contributed by atoms with van der Waals surface area (Å²) < 4.78 is 26.2. The monoisotopic (exact) mass is 862 g/mol. The molecule has 2 aromatic rings. The summed E-state index contributed by atoms with van der Waals surface area (Å²) in [5, 5.41) is 3.92. The number of likely N-dealkylation sites (N-methyl/N-ethyl adjacent to an activating group) is 1. The van der Waals surface area contributed by atoms with Crippen molar-refractivity contribution in [3.05, 3.63) is 30.0 Å². The number of fused-ring (bicyclic) bond motifs is 1. The number of anilines is 1. The largest absolute Gasteiger partial charge is 0.813 e. The molecule has 3 N–H and O–H groups in total. The van der Waals surface area contributed by atoms with E-state index in [9.17, 15) is 23.6 Å². The van der Waals surface area contributed by atoms with E-state index in [0.717, 1.165) is 62.3 Å². The quantitative estimate of drug-likeness (QED) is 0.0859. The second kappa shape index (κ2) is 31.2. The molecule has 1 saturated heterocycles. The summed E-state index contributed by atoms with van der Waals surface area (Å²) in [6.45, 7) is 4.88. The van der Waals surface area contributed by atoms with Crippen LogP contribution < -0.4 is 11.1 Å². The Hall–Kier alpha value is -1.30. The molecular weight excluding hydrogens is 800 g/mol. The first kappa shape index (κ1) is 50.8. The van der Waals surface area contributed by atoms with Crippen LogP contribution in [0.1, 0.15) is 101 Å². The molecule has 1 aliphatic heterocycles. The number of benzene rings is 1. The fourth-order valence-electron chi connectivity index (χ4n) is 6.17. The molecule has 2 heterocycles. The fourth-order valence-corrected chi connectivity index (χ4v) is 6.17. The summed E-state index contributed by atoms with van der Waals surface area (Å²) in [5.41, 5.74) is 6.79. The zero-order valence-electron chi connectivity index (χ0n) is 30.7. The van der Waals surface area contributed by atoms with Gasteiger partial charge in [0.1, 0.15) is 31.6 Å². The predicted octanol–water partition coefficient (Wildman–Crippen LogP) is 6.72. The minimum atomic E-state index is -0.460. The number of nitrogens with zero attached hydrogens (tertiary/aromatic N) is 1. The van der Waals surface area contributed by atoms with Crippen LogP contribution in [0.4, 0.5) is 10.1 Å². The molecule has 4 unspecified atom stereocenters. The number of unbranched alkanes of at least 4 members (excludes halogenated alkanes) is 1. The van der Waals surface area contributed by atoms with Crippen molar-refractivity contribution in [3.8, 4) is 0 Å². The molecule has 1 aliphatic carbocycles. The van der Waals surface area contributed by atoms with Crippen LogP contribution in [0.25, 0.3) is 11.0 Å². The smallest absolute Gasteiger partial charge is 0.242 e. The van der Waals surface area contributed by atoms with E-state index in [1.165, 1.54) is 32.1 Å². The average Bonchev–Trinajstić information content (AvgIpc) is 3.71. The number of rotatable bonds is 15. The molecule has 0 bridgehead atoms. The maximum absolute atomic E-state index is 13.0. The van der Waals surface area contributed by atoms with Crippen LogP contribution in [0.5, 0.6) is 0 Å². The number of ether oxygens (including phenoxy) is 2. The standard InChI is InChI=1S/C21H26N2O3.C9H18FNO.C4H8O.C3H8O2.H2S.Sm/c1-23-10-9-18(14-5-3-2-4-6-14)20(23)21(25)22-16-7-8-19-15(11-16)12-17(13-24)26-19;1-2-8(7-12)4-3-5-9(11)6-10;1-2-3-4-5;1-4-3-5-2;;/h7-8,11-14,18,20H,2-6,9-10H2,1H3,(H,22,25);7-9H,2-6,11H2,1H3;4H,2-3H2,1H3;3H2,1-2H3;1H2;/p-1. The number of nitrogens with one attached hydrogen (secondary N) is 1. The minimum absolute atomic E-state index is 0. The second-order valence-electron chi connectivity index (χ2n) is 12.6. The van der Waals surface area contributed by atoms with Crippen molar-refractivity contribution in [2.75, 3.05) is 46.6 Å². The molecule has 1 amide bonds. The third-order valence-electron chi connectivity index (χ3n) is 8.85. The van der Waals surface area contributed by atoms with E-state index < -0.39 is 6.67 Å². The van der Waals surface area contributed by atoms with Gasteiger partial charge in [0.2, 0.25) is 5.91 Å². The number of aldehydes is 3. The number of carbonyl (C=O) groups excluding carboxylic acids is 4. The molecule has 0 radical (unpaired) electrons. The van der Waals surface area contributed by atoms with Crippen LogP contribution >= 0.6 is 0 Å². The Bertz CT molecular complexity index is 1180. The maximum atomic E-state index is 13.0. The van der Waals surface area contributed by atoms with Gasteiger partial charge in [-0.1, -0.05) is 52.4 Å². The van der Waals surface area contributed by atoms with Crippen molar-refractivity contribution in [2.24, 2.45) is 23.5 Å². The van der Waals surface area contributed by atoms with Gasteiger partial charge < -0.3 is 48.0 Å². The van der Waals surface area contributed by atoms with E-state index in [4.69, 9.17) is 10.2 Å². The predicted molar refractivity (Wildman–Crippen MR) is 198 cm³/mol. The van der Waals surface area contributed by atoms with Crippen molar-refractivity contribution in [1.82, 2.24) is 4.90 Å². The number of nitrogens with two attached hydrogens (primary N) is 1. The number of hydrogen-bond acceptors (Lipinski definition) is 10. The van der Waals surface area contributed by atoms with E-state index in [0.29, 0.717) is 49.1 Å². The number of carbonyl (C=O) groups is 4. The van der Waals surface area contributed by atoms with Crippen LogP contribution in [0.3, 0.4) is 0 Å². The van der Waals surface area contributed by atoms with E-state index in [2.05, 4.69) is 26.7 Å². The Morgan fingerprint density at radius 2 is 1.76 bits per heavy atom. The molecule has 286 valence electrons. The molecule has 1 aromatic heterocycles. The number of hydrogen-bond donors (Lipinski definition) is 2. The topological polar surface area (TPSA) is 141 Å². The van der Waals surface area contributed by atoms with Gasteiger partial charge in [-0.25, -0.2) is 4.39 Å². The van der Waals surface area contributed by atoms with Gasteiger partial charge in [-0.15, -0.1) is 0 Å². The Morgan fingerprint density at radius 3 is 2.26 bits per heavy atom. The number of amides is 1. The average molecular weight is 861 g/mol. The Labute approximate surface area is 338 Å². The number of likely N-dealkylation sites (tertiary alicyclic amines) is 1. The third-order valence-corrected chi connectivity index (χ3v) is 8.85. The first-order valence-electron chi connectivity index (χ1n) is 17.4. The van der Waals surface area contributed by atoms with Gasteiger partial charge in [0.05, 0.1) is 6.04 Å². The molecule has 2 fully saturated rings. The Kier molecular flexibility index (Phi) is 31.7. The third kappa shape index (κ3) is 19.5. The normalized spacial score (nSPS) is 18.2. The van der Waals surface area contributed by atoms with Crippen LogP contribution in [0.15, 0.2) is 28.7 Å². The van der Waals surface area contributed by atoms with Crippen LogP contribution in [0.2, 0.25) is 0 Å². The molecule has 1 aromatic carbocycles. The molecule has 13 heteroatoms. The van der Waals surface area contributed by atoms with Gasteiger partial charge in [-0.2, -0.15) is 0 Å². The van der Waals surface area contributed by atoms with Crippen molar-refractivity contribution in [2.45, 2.75) is 103 Å². The van der Waals surface area contributed by atoms with Crippen molar-refractivity contribution >= 4 is 54.9 Å². The van der Waals surface area contributed by atoms with Crippen molar-refractivity contribution < 1.29 is 77.8 Å². The van der Waals surface area contributed by atoms with E-state index in [1.807, 2.05) is 26.0 Å². The molecule has 10 nitrogen and oxygen atoms in total. The number of halogens is 1. The van der Waals surface area contributed by atoms with Crippen molar-refractivity contribution in [3.63, 3.8) is 0 Å². The van der Waals surface area contributed by atoms with Crippen LogP contribution in [0, 0.1) is 58.1 Å². The van der Waals surface area contributed by atoms with Gasteiger partial charge in [0, 0.05) is 84.1 Å². The first-order valence-corrected chi connectivity index (χ1v) is 17.4. The summed E-state index contributed by atoms with van der Waals surface area (Å²) in [6, 6.07) is 6.81. The molecular formula is C37H61FN3O7SSm-. The van der Waals surface area contributed by atoms with Gasteiger partial charge in [-0.3, -0.25) is 14.5 Å². The van der Waals surface area contributed by atoms with E-state index in [1.54, 1.807) is 26.4 Å². The number of methoxy groups -OCH3 is 2. The zero-order chi connectivity index (χ0) is 35.7. The Balaban J connectivity index is 0. The molecule has 1 saturated carbocycles. The molecule has 4 atom stereocenters. The second-order valence-corrected chi connectivity index (χ2v) is 12.6. The minimum Gasteiger partial charge on any atom is -0.813 e. The number of furan rings is 1. The summed E-state index contributed by atoms with van der Waals surface area (Å²) in [7, 11) is 5.23. The SMILES string of the molecule is CCC(C=O)CCCC(N)CF.CCCC=O.CN1CCC(C2CCCCC2)C1C(=O)Nc1ccc2oc(C=O)cc2c1.COCOC.[SH-].[Sm]. The summed E-state index contributed by atoms with van der Waals surface area (Å²) >= 11 is 0. The van der Waals surface area contributed by atoms with Gasteiger partial charge >= 0.3 is 0 Å². The zero-order valence-corrected chi connectivity index (χ0v) is 34.2. The number of thiol groups is 1. The molecule has 50 heavy (non-hydrogen) atoms. The summed E-state index contributed by atoms with van der Waals surface area (Å²) in [4.78, 5) is 45.9. The molecule has 4 rings (SSSR count). The summed E-state index contributed by atoms with van der Waals surface area (Å²) in [5.74, 6) is 1.66. The van der Waals surface area contributed by atoms with E-state index >= 15 is 0 Å². The Morgan fingerprint density at radius 1 is 1.08 bits per heavy atom. The number of alkyl halides is 1. The van der Waals surface area contributed by atoms with Crippen molar-refractivity contribution in [1.29, 1.82) is 0 Å². The van der Waals surface area contributed by atoms with Crippen LogP contribution in [-0.2, 0) is 37.4 Å². The maximum Gasteiger partial charge on any atom is 0.242 e. The fraction of sp³-hybridized carbons (Fsp3) is 0.676. The summed E-state index contributed by atoms with van der Waals surface area (Å²) in [6.07, 6.45) is 15.1.